The Labute approximate surface area is 109 Å². The summed E-state index contributed by atoms with van der Waals surface area (Å²) in [6, 6.07) is 7.70. The van der Waals surface area contributed by atoms with E-state index in [2.05, 4.69) is 10.2 Å². The Hall–Kier alpha value is -1.35. The van der Waals surface area contributed by atoms with E-state index in [1.54, 1.807) is 0 Å². The fourth-order valence-electron chi connectivity index (χ4n) is 2.32. The zero-order valence-corrected chi connectivity index (χ0v) is 11.1. The van der Waals surface area contributed by atoms with Gasteiger partial charge < -0.3 is 10.2 Å². The van der Waals surface area contributed by atoms with Crippen LogP contribution in [0.4, 0.5) is 0 Å². The van der Waals surface area contributed by atoms with E-state index in [1.807, 2.05) is 31.2 Å². The van der Waals surface area contributed by atoms with Gasteiger partial charge in [0, 0.05) is 12.1 Å². The largest absolute Gasteiger partial charge is 0.352 e. The Morgan fingerprint density at radius 3 is 2.56 bits per heavy atom. The first-order valence-corrected chi connectivity index (χ1v) is 6.83. The molecule has 0 unspecified atom stereocenters. The summed E-state index contributed by atoms with van der Waals surface area (Å²) in [4.78, 5) is 14.3. The number of aryl methyl sites for hydroxylation is 1. The fraction of sp³-hybridized carbons (Fsp3) is 0.533. The van der Waals surface area contributed by atoms with Crippen molar-refractivity contribution in [3.63, 3.8) is 0 Å². The van der Waals surface area contributed by atoms with Crippen molar-refractivity contribution < 1.29 is 4.79 Å². The fourth-order valence-corrected chi connectivity index (χ4v) is 2.32. The highest BCUT2D eigenvalue weighted by Crippen LogP contribution is 2.07. The van der Waals surface area contributed by atoms with Crippen LogP contribution in [0.5, 0.6) is 0 Å². The maximum absolute atomic E-state index is 11.8. The van der Waals surface area contributed by atoms with Crippen molar-refractivity contribution >= 4 is 5.91 Å². The van der Waals surface area contributed by atoms with Gasteiger partial charge in [-0.1, -0.05) is 17.7 Å². The third kappa shape index (κ3) is 3.84. The van der Waals surface area contributed by atoms with Gasteiger partial charge in [-0.2, -0.15) is 0 Å². The third-order valence-corrected chi connectivity index (χ3v) is 3.45. The lowest BCUT2D eigenvalue weighted by Crippen LogP contribution is -2.28. The highest BCUT2D eigenvalue weighted by molar-refractivity contribution is 5.94. The second kappa shape index (κ2) is 6.55. The summed E-state index contributed by atoms with van der Waals surface area (Å²) in [7, 11) is 0. The molecule has 1 N–H and O–H groups in total. The molecule has 1 aromatic carbocycles. The van der Waals surface area contributed by atoms with Gasteiger partial charge >= 0.3 is 0 Å². The number of nitrogens with zero attached hydrogens (tertiary/aromatic N) is 1. The van der Waals surface area contributed by atoms with Gasteiger partial charge in [0.25, 0.3) is 5.91 Å². The summed E-state index contributed by atoms with van der Waals surface area (Å²) >= 11 is 0. The minimum atomic E-state index is 0.0384. The zero-order chi connectivity index (χ0) is 12.8. The van der Waals surface area contributed by atoms with Gasteiger partial charge in [0.05, 0.1) is 0 Å². The van der Waals surface area contributed by atoms with Crippen LogP contribution in [0.2, 0.25) is 0 Å². The number of hydrogen-bond donors (Lipinski definition) is 1. The van der Waals surface area contributed by atoms with Crippen LogP contribution in [0, 0.1) is 6.92 Å². The Kier molecular flexibility index (Phi) is 4.76. The molecule has 1 saturated heterocycles. The van der Waals surface area contributed by atoms with E-state index in [-0.39, 0.29) is 5.91 Å². The molecule has 1 aliphatic rings. The molecule has 0 aromatic heterocycles. The predicted molar refractivity (Wildman–Crippen MR) is 73.8 cm³/mol. The number of likely N-dealkylation sites (tertiary alicyclic amines) is 1. The standard InChI is InChI=1S/C15H22N2O/c1-13-5-7-14(8-6-13)15(18)16-9-4-12-17-10-2-3-11-17/h5-8H,2-4,9-12H2,1H3,(H,16,18). The van der Waals surface area contributed by atoms with Crippen molar-refractivity contribution in [2.24, 2.45) is 0 Å². The first kappa shape index (κ1) is 13.1. The molecule has 0 saturated carbocycles. The van der Waals surface area contributed by atoms with Gasteiger partial charge in [0.2, 0.25) is 0 Å². The Bertz CT molecular complexity index is 380. The van der Waals surface area contributed by atoms with Gasteiger partial charge in [0.15, 0.2) is 0 Å². The molecule has 3 heteroatoms. The lowest BCUT2D eigenvalue weighted by Gasteiger charge is -2.14. The highest BCUT2D eigenvalue weighted by Gasteiger charge is 2.10. The van der Waals surface area contributed by atoms with E-state index in [4.69, 9.17) is 0 Å². The predicted octanol–water partition coefficient (Wildman–Crippen LogP) is 2.21. The summed E-state index contributed by atoms with van der Waals surface area (Å²) in [5, 5.41) is 2.98. The van der Waals surface area contributed by atoms with Crippen molar-refractivity contribution in [2.75, 3.05) is 26.2 Å². The van der Waals surface area contributed by atoms with Crippen LogP contribution in [0.25, 0.3) is 0 Å². The third-order valence-electron chi connectivity index (χ3n) is 3.45. The molecule has 1 fully saturated rings. The first-order chi connectivity index (χ1) is 8.75. The quantitative estimate of drug-likeness (QED) is 0.808. The number of amides is 1. The van der Waals surface area contributed by atoms with E-state index < -0.39 is 0 Å². The molecule has 0 radical (unpaired) electrons. The van der Waals surface area contributed by atoms with Crippen molar-refractivity contribution in [1.29, 1.82) is 0 Å². The van der Waals surface area contributed by atoms with Crippen molar-refractivity contribution in [1.82, 2.24) is 10.2 Å². The smallest absolute Gasteiger partial charge is 0.251 e. The topological polar surface area (TPSA) is 32.3 Å². The van der Waals surface area contributed by atoms with E-state index in [1.165, 1.54) is 31.5 Å². The molecule has 0 aliphatic carbocycles. The van der Waals surface area contributed by atoms with Crippen LogP contribution in [-0.2, 0) is 0 Å². The molecule has 0 atom stereocenters. The van der Waals surface area contributed by atoms with Crippen molar-refractivity contribution in [3.8, 4) is 0 Å². The van der Waals surface area contributed by atoms with E-state index >= 15 is 0 Å². The summed E-state index contributed by atoms with van der Waals surface area (Å²) in [6.45, 7) is 6.35. The molecule has 2 rings (SSSR count). The van der Waals surface area contributed by atoms with Crippen LogP contribution in [0.1, 0.15) is 35.2 Å². The van der Waals surface area contributed by atoms with Gasteiger partial charge in [0.1, 0.15) is 0 Å². The number of benzene rings is 1. The van der Waals surface area contributed by atoms with E-state index in [9.17, 15) is 4.79 Å². The molecule has 1 aromatic rings. The first-order valence-electron chi connectivity index (χ1n) is 6.83. The molecule has 18 heavy (non-hydrogen) atoms. The van der Waals surface area contributed by atoms with Crippen LogP contribution >= 0.6 is 0 Å². The average Bonchev–Trinajstić information content (AvgIpc) is 2.88. The molecular formula is C15H22N2O. The Morgan fingerprint density at radius 1 is 1.22 bits per heavy atom. The number of nitrogens with one attached hydrogen (secondary N) is 1. The summed E-state index contributed by atoms with van der Waals surface area (Å²) < 4.78 is 0. The van der Waals surface area contributed by atoms with Gasteiger partial charge in [-0.05, 0) is 58.0 Å². The molecular weight excluding hydrogens is 224 g/mol. The van der Waals surface area contributed by atoms with Crippen LogP contribution in [-0.4, -0.2) is 37.0 Å². The van der Waals surface area contributed by atoms with Gasteiger partial charge in [-0.15, -0.1) is 0 Å². The van der Waals surface area contributed by atoms with Crippen molar-refractivity contribution in [2.45, 2.75) is 26.2 Å². The molecule has 0 spiro atoms. The minimum Gasteiger partial charge on any atom is -0.352 e. The normalized spacial score (nSPS) is 15.8. The summed E-state index contributed by atoms with van der Waals surface area (Å²) in [5.74, 6) is 0.0384. The van der Waals surface area contributed by atoms with Crippen LogP contribution < -0.4 is 5.32 Å². The summed E-state index contributed by atoms with van der Waals surface area (Å²) in [5.41, 5.74) is 1.93. The lowest BCUT2D eigenvalue weighted by molar-refractivity contribution is 0.0952. The molecule has 98 valence electrons. The van der Waals surface area contributed by atoms with Crippen LogP contribution in [0.3, 0.4) is 0 Å². The highest BCUT2D eigenvalue weighted by atomic mass is 16.1. The molecule has 1 amide bonds. The van der Waals surface area contributed by atoms with Gasteiger partial charge in [-0.25, -0.2) is 0 Å². The Balaban J connectivity index is 1.66. The molecule has 0 bridgehead atoms. The minimum absolute atomic E-state index is 0.0384. The molecule has 3 nitrogen and oxygen atoms in total. The Morgan fingerprint density at radius 2 is 1.89 bits per heavy atom. The van der Waals surface area contributed by atoms with Crippen LogP contribution in [0.15, 0.2) is 24.3 Å². The second-order valence-corrected chi connectivity index (χ2v) is 5.02. The lowest BCUT2D eigenvalue weighted by atomic mass is 10.1. The molecule has 1 aliphatic heterocycles. The van der Waals surface area contributed by atoms with E-state index in [0.29, 0.717) is 0 Å². The summed E-state index contributed by atoms with van der Waals surface area (Å²) in [6.07, 6.45) is 3.70. The molecule has 1 heterocycles. The zero-order valence-electron chi connectivity index (χ0n) is 11.1. The SMILES string of the molecule is Cc1ccc(C(=O)NCCCN2CCCC2)cc1. The number of hydrogen-bond acceptors (Lipinski definition) is 2. The van der Waals surface area contributed by atoms with E-state index in [0.717, 1.165) is 25.1 Å². The number of carbonyl (C=O) groups is 1. The maximum atomic E-state index is 11.8. The second-order valence-electron chi connectivity index (χ2n) is 5.02. The average molecular weight is 246 g/mol. The number of rotatable bonds is 5. The maximum Gasteiger partial charge on any atom is 0.251 e. The number of carbonyl (C=O) groups excluding carboxylic acids is 1. The van der Waals surface area contributed by atoms with Crippen molar-refractivity contribution in [3.05, 3.63) is 35.4 Å². The monoisotopic (exact) mass is 246 g/mol. The van der Waals surface area contributed by atoms with Gasteiger partial charge in [-0.3, -0.25) is 4.79 Å².